The number of rotatable bonds is 2. The van der Waals surface area contributed by atoms with Crippen LogP contribution in [0.15, 0.2) is 18.3 Å². The van der Waals surface area contributed by atoms with Gasteiger partial charge in [-0.05, 0) is 25.0 Å². The summed E-state index contributed by atoms with van der Waals surface area (Å²) in [5.74, 6) is -0.305. The van der Waals surface area contributed by atoms with Gasteiger partial charge in [-0.15, -0.1) is 0 Å². The molecule has 1 heterocycles. The Kier molecular flexibility index (Phi) is 4.39. The number of hydrogen-bond acceptors (Lipinski definition) is 3. The van der Waals surface area contributed by atoms with E-state index in [4.69, 9.17) is 11.6 Å². The van der Waals surface area contributed by atoms with Gasteiger partial charge in [0, 0.05) is 6.20 Å². The zero-order valence-electron chi connectivity index (χ0n) is 10.7. The molecule has 1 aliphatic carbocycles. The summed E-state index contributed by atoms with van der Waals surface area (Å²) in [7, 11) is 0. The van der Waals surface area contributed by atoms with E-state index >= 15 is 0 Å². The Morgan fingerprint density at radius 1 is 1.32 bits per heavy atom. The van der Waals surface area contributed by atoms with Crippen LogP contribution in [0.5, 0.6) is 0 Å². The first-order valence-corrected chi connectivity index (χ1v) is 6.88. The summed E-state index contributed by atoms with van der Waals surface area (Å²) in [5.41, 5.74) is -0.446. The number of hydrogen-bond donors (Lipinski definition) is 1. The Morgan fingerprint density at radius 3 is 2.53 bits per heavy atom. The summed E-state index contributed by atoms with van der Waals surface area (Å²) in [6.07, 6.45) is 7.05. The minimum atomic E-state index is -0.741. The SMILES string of the molecule is N#CC1(NC(=O)c2ccc(Cl)cn2)CCCCCC1. The number of halogens is 1. The standard InChI is InChI=1S/C14H16ClN3O/c15-11-5-6-12(17-9-11)13(19)18-14(10-16)7-3-1-2-4-8-14/h5-6,9H,1-4,7-8H2,(H,18,19). The molecule has 0 bridgehead atoms. The van der Waals surface area contributed by atoms with Gasteiger partial charge in [0.05, 0.1) is 11.1 Å². The molecule has 1 N–H and O–H groups in total. The Hall–Kier alpha value is -1.60. The normalized spacial score (nSPS) is 18.1. The average Bonchev–Trinajstić information content (AvgIpc) is 2.65. The second-order valence-electron chi connectivity index (χ2n) is 4.92. The maximum absolute atomic E-state index is 12.1. The lowest BCUT2D eigenvalue weighted by molar-refractivity contribution is 0.0908. The zero-order valence-corrected chi connectivity index (χ0v) is 11.4. The van der Waals surface area contributed by atoms with Crippen molar-refractivity contribution in [1.29, 1.82) is 5.26 Å². The molecule has 0 aliphatic heterocycles. The van der Waals surface area contributed by atoms with E-state index < -0.39 is 5.54 Å². The van der Waals surface area contributed by atoms with E-state index in [0.717, 1.165) is 25.7 Å². The van der Waals surface area contributed by atoms with Crippen molar-refractivity contribution in [3.8, 4) is 6.07 Å². The molecule has 5 heteroatoms. The third-order valence-corrected chi connectivity index (χ3v) is 3.71. The van der Waals surface area contributed by atoms with E-state index in [1.807, 2.05) is 0 Å². The molecule has 1 aromatic heterocycles. The van der Waals surface area contributed by atoms with Crippen LogP contribution in [0.4, 0.5) is 0 Å². The molecule has 1 fully saturated rings. The van der Waals surface area contributed by atoms with E-state index in [9.17, 15) is 10.1 Å². The fourth-order valence-corrected chi connectivity index (χ4v) is 2.50. The van der Waals surface area contributed by atoms with Crippen LogP contribution >= 0.6 is 11.6 Å². The summed E-state index contributed by atoms with van der Waals surface area (Å²) in [6.45, 7) is 0. The highest BCUT2D eigenvalue weighted by atomic mass is 35.5. The first-order valence-electron chi connectivity index (χ1n) is 6.50. The maximum atomic E-state index is 12.1. The van der Waals surface area contributed by atoms with Gasteiger partial charge >= 0.3 is 0 Å². The maximum Gasteiger partial charge on any atom is 0.271 e. The van der Waals surface area contributed by atoms with E-state index in [0.29, 0.717) is 23.6 Å². The highest BCUT2D eigenvalue weighted by molar-refractivity contribution is 6.30. The molecule has 100 valence electrons. The Balaban J connectivity index is 2.11. The van der Waals surface area contributed by atoms with Crippen LogP contribution < -0.4 is 5.32 Å². The molecular formula is C14H16ClN3O. The molecular weight excluding hydrogens is 262 g/mol. The first-order chi connectivity index (χ1) is 9.15. The number of nitrogens with zero attached hydrogens (tertiary/aromatic N) is 2. The Bertz CT molecular complexity index is 484. The molecule has 0 atom stereocenters. The third-order valence-electron chi connectivity index (χ3n) is 3.48. The van der Waals surface area contributed by atoms with Crippen LogP contribution in [-0.2, 0) is 0 Å². The van der Waals surface area contributed by atoms with Crippen molar-refractivity contribution < 1.29 is 4.79 Å². The Morgan fingerprint density at radius 2 is 2.00 bits per heavy atom. The van der Waals surface area contributed by atoms with Crippen molar-refractivity contribution in [1.82, 2.24) is 10.3 Å². The average molecular weight is 278 g/mol. The summed E-state index contributed by atoms with van der Waals surface area (Å²) < 4.78 is 0. The van der Waals surface area contributed by atoms with Crippen molar-refractivity contribution in [3.05, 3.63) is 29.0 Å². The van der Waals surface area contributed by atoms with Gasteiger partial charge in [0.15, 0.2) is 0 Å². The van der Waals surface area contributed by atoms with Crippen molar-refractivity contribution in [2.24, 2.45) is 0 Å². The van der Waals surface area contributed by atoms with Crippen molar-refractivity contribution >= 4 is 17.5 Å². The molecule has 4 nitrogen and oxygen atoms in total. The number of carbonyl (C=O) groups is 1. The summed E-state index contributed by atoms with van der Waals surface area (Å²) >= 11 is 5.74. The van der Waals surface area contributed by atoms with E-state index in [1.165, 1.54) is 6.20 Å². The van der Waals surface area contributed by atoms with Crippen molar-refractivity contribution in [3.63, 3.8) is 0 Å². The summed E-state index contributed by atoms with van der Waals surface area (Å²) in [5, 5.41) is 12.7. The molecule has 0 spiro atoms. The molecule has 2 rings (SSSR count). The molecule has 19 heavy (non-hydrogen) atoms. The Labute approximate surface area is 117 Å². The summed E-state index contributed by atoms with van der Waals surface area (Å²) in [6, 6.07) is 5.47. The van der Waals surface area contributed by atoms with Crippen LogP contribution in [-0.4, -0.2) is 16.4 Å². The second-order valence-corrected chi connectivity index (χ2v) is 5.36. The van der Waals surface area contributed by atoms with Gasteiger partial charge in [-0.25, -0.2) is 4.98 Å². The number of aromatic nitrogens is 1. The quantitative estimate of drug-likeness (QED) is 0.845. The summed E-state index contributed by atoms with van der Waals surface area (Å²) in [4.78, 5) is 16.1. The number of nitrogens with one attached hydrogen (secondary N) is 1. The van der Waals surface area contributed by atoms with Crippen LogP contribution in [0, 0.1) is 11.3 Å². The van der Waals surface area contributed by atoms with E-state index in [-0.39, 0.29) is 5.91 Å². The second kappa shape index (κ2) is 6.03. The van der Waals surface area contributed by atoms with Crippen LogP contribution in [0.25, 0.3) is 0 Å². The van der Waals surface area contributed by atoms with E-state index in [2.05, 4.69) is 16.4 Å². The molecule has 1 aliphatic rings. The minimum Gasteiger partial charge on any atom is -0.332 e. The van der Waals surface area contributed by atoms with Crippen LogP contribution in [0.1, 0.15) is 49.0 Å². The van der Waals surface area contributed by atoms with Gasteiger partial charge in [0.25, 0.3) is 5.91 Å². The van der Waals surface area contributed by atoms with Crippen molar-refractivity contribution in [2.45, 2.75) is 44.1 Å². The monoisotopic (exact) mass is 277 g/mol. The van der Waals surface area contributed by atoms with Gasteiger partial charge in [-0.3, -0.25) is 4.79 Å². The lowest BCUT2D eigenvalue weighted by Crippen LogP contribution is -2.47. The molecule has 0 radical (unpaired) electrons. The van der Waals surface area contributed by atoms with Gasteiger partial charge in [0.1, 0.15) is 11.2 Å². The predicted molar refractivity (Wildman–Crippen MR) is 72.8 cm³/mol. The van der Waals surface area contributed by atoms with Crippen LogP contribution in [0.3, 0.4) is 0 Å². The smallest absolute Gasteiger partial charge is 0.271 e. The molecule has 0 unspecified atom stereocenters. The van der Waals surface area contributed by atoms with Gasteiger partial charge in [-0.2, -0.15) is 5.26 Å². The van der Waals surface area contributed by atoms with Crippen LogP contribution in [0.2, 0.25) is 5.02 Å². The minimum absolute atomic E-state index is 0.295. The van der Waals surface area contributed by atoms with Gasteiger partial charge in [0.2, 0.25) is 0 Å². The fraction of sp³-hybridized carbons (Fsp3) is 0.500. The van der Waals surface area contributed by atoms with E-state index in [1.54, 1.807) is 12.1 Å². The predicted octanol–water partition coefficient (Wildman–Crippen LogP) is 3.08. The number of amides is 1. The molecule has 0 saturated heterocycles. The van der Waals surface area contributed by atoms with Gasteiger partial charge in [-0.1, -0.05) is 37.3 Å². The lowest BCUT2D eigenvalue weighted by Gasteiger charge is -2.26. The molecule has 1 saturated carbocycles. The number of nitriles is 1. The fourth-order valence-electron chi connectivity index (χ4n) is 2.39. The largest absolute Gasteiger partial charge is 0.332 e. The topological polar surface area (TPSA) is 65.8 Å². The first kappa shape index (κ1) is 13.8. The third kappa shape index (κ3) is 3.45. The highest BCUT2D eigenvalue weighted by Crippen LogP contribution is 2.26. The molecule has 1 amide bonds. The highest BCUT2D eigenvalue weighted by Gasteiger charge is 2.33. The van der Waals surface area contributed by atoms with Crippen molar-refractivity contribution in [2.75, 3.05) is 0 Å². The lowest BCUT2D eigenvalue weighted by atomic mass is 9.91. The molecule has 1 aromatic rings. The number of carbonyl (C=O) groups excluding carboxylic acids is 1. The number of pyridine rings is 1. The molecule has 0 aromatic carbocycles. The van der Waals surface area contributed by atoms with Gasteiger partial charge < -0.3 is 5.32 Å². The zero-order chi connectivity index (χ0) is 13.7.